The Kier molecular flexibility index (Phi) is 1.85. The predicted molar refractivity (Wildman–Crippen MR) is 58.3 cm³/mol. The number of anilines is 1. The predicted octanol–water partition coefficient (Wildman–Crippen LogP) is 1.05. The number of fused-ring (bicyclic) bond motifs is 3. The summed E-state index contributed by atoms with van der Waals surface area (Å²) in [4.78, 5) is 8.43. The SMILES string of the molecule is NNc1ncnc2c1cc1n2CCCC1. The van der Waals surface area contributed by atoms with Crippen LogP contribution in [0.25, 0.3) is 11.0 Å². The van der Waals surface area contributed by atoms with E-state index >= 15 is 0 Å². The topological polar surface area (TPSA) is 68.8 Å². The Morgan fingerprint density at radius 3 is 3.13 bits per heavy atom. The van der Waals surface area contributed by atoms with Crippen LogP contribution < -0.4 is 11.3 Å². The Labute approximate surface area is 87.3 Å². The Morgan fingerprint density at radius 2 is 2.27 bits per heavy atom. The number of nitrogen functional groups attached to an aromatic ring is 1. The molecular weight excluding hydrogens is 190 g/mol. The minimum Gasteiger partial charge on any atom is -0.329 e. The maximum Gasteiger partial charge on any atom is 0.152 e. The number of aromatic nitrogens is 3. The number of nitrogens with two attached hydrogens (primary N) is 1. The summed E-state index contributed by atoms with van der Waals surface area (Å²) in [5, 5.41) is 1.02. The third-order valence-corrected chi connectivity index (χ3v) is 2.98. The van der Waals surface area contributed by atoms with E-state index in [1.165, 1.54) is 18.5 Å². The molecule has 3 rings (SSSR count). The highest BCUT2D eigenvalue weighted by atomic mass is 15.3. The van der Waals surface area contributed by atoms with E-state index < -0.39 is 0 Å². The van der Waals surface area contributed by atoms with Crippen LogP contribution in [-0.4, -0.2) is 14.5 Å². The molecule has 0 unspecified atom stereocenters. The van der Waals surface area contributed by atoms with E-state index in [4.69, 9.17) is 5.84 Å². The van der Waals surface area contributed by atoms with Crippen molar-refractivity contribution in [3.05, 3.63) is 18.1 Å². The van der Waals surface area contributed by atoms with Gasteiger partial charge >= 0.3 is 0 Å². The first-order valence-electron chi connectivity index (χ1n) is 5.20. The fourth-order valence-corrected chi connectivity index (χ4v) is 2.26. The summed E-state index contributed by atoms with van der Waals surface area (Å²) in [6.45, 7) is 1.06. The second kappa shape index (κ2) is 3.20. The molecule has 5 nitrogen and oxygen atoms in total. The summed E-state index contributed by atoms with van der Waals surface area (Å²) in [7, 11) is 0. The summed E-state index contributed by atoms with van der Waals surface area (Å²) >= 11 is 0. The van der Waals surface area contributed by atoms with Gasteiger partial charge < -0.3 is 9.99 Å². The quantitative estimate of drug-likeness (QED) is 0.537. The van der Waals surface area contributed by atoms with Crippen molar-refractivity contribution in [3.8, 4) is 0 Å². The number of hydrogen-bond donors (Lipinski definition) is 2. The standard InChI is InChI=1S/C10H13N5/c11-14-9-8-5-7-3-1-2-4-15(7)10(8)13-6-12-9/h5-6H,1-4,11H2,(H,12,13,14). The van der Waals surface area contributed by atoms with Crippen LogP contribution in [0, 0.1) is 0 Å². The highest BCUT2D eigenvalue weighted by Gasteiger charge is 2.15. The zero-order chi connectivity index (χ0) is 10.3. The maximum absolute atomic E-state index is 5.42. The molecule has 0 aromatic carbocycles. The van der Waals surface area contributed by atoms with E-state index in [2.05, 4.69) is 26.0 Å². The number of rotatable bonds is 1. The van der Waals surface area contributed by atoms with E-state index in [1.54, 1.807) is 6.33 Å². The van der Waals surface area contributed by atoms with Crippen molar-refractivity contribution in [3.63, 3.8) is 0 Å². The molecule has 3 heterocycles. The van der Waals surface area contributed by atoms with Crippen molar-refractivity contribution >= 4 is 16.9 Å². The van der Waals surface area contributed by atoms with Crippen LogP contribution in [0.3, 0.4) is 0 Å². The van der Waals surface area contributed by atoms with Crippen LogP contribution in [0.4, 0.5) is 5.82 Å². The molecule has 0 saturated carbocycles. The number of aryl methyl sites for hydroxylation is 2. The van der Waals surface area contributed by atoms with Gasteiger partial charge in [-0.25, -0.2) is 15.8 Å². The molecule has 2 aromatic heterocycles. The van der Waals surface area contributed by atoms with Crippen molar-refractivity contribution in [2.75, 3.05) is 5.43 Å². The van der Waals surface area contributed by atoms with Gasteiger partial charge in [0.05, 0.1) is 5.39 Å². The fraction of sp³-hybridized carbons (Fsp3) is 0.400. The zero-order valence-corrected chi connectivity index (χ0v) is 8.40. The second-order valence-corrected chi connectivity index (χ2v) is 3.85. The maximum atomic E-state index is 5.42. The molecule has 0 aliphatic carbocycles. The first-order chi connectivity index (χ1) is 7.40. The van der Waals surface area contributed by atoms with Crippen molar-refractivity contribution in [2.45, 2.75) is 25.8 Å². The van der Waals surface area contributed by atoms with Gasteiger partial charge in [0.1, 0.15) is 12.0 Å². The molecular formula is C10H13N5. The van der Waals surface area contributed by atoms with Gasteiger partial charge in [0.2, 0.25) is 0 Å². The molecule has 3 N–H and O–H groups in total. The van der Waals surface area contributed by atoms with Crippen LogP contribution in [0.5, 0.6) is 0 Å². The van der Waals surface area contributed by atoms with Crippen LogP contribution in [0.2, 0.25) is 0 Å². The molecule has 0 atom stereocenters. The van der Waals surface area contributed by atoms with Gasteiger partial charge in [0, 0.05) is 12.2 Å². The molecule has 15 heavy (non-hydrogen) atoms. The van der Waals surface area contributed by atoms with Crippen LogP contribution in [-0.2, 0) is 13.0 Å². The average Bonchev–Trinajstić information content (AvgIpc) is 2.67. The van der Waals surface area contributed by atoms with Crippen LogP contribution in [0.15, 0.2) is 12.4 Å². The first-order valence-corrected chi connectivity index (χ1v) is 5.20. The second-order valence-electron chi connectivity index (χ2n) is 3.85. The molecule has 0 radical (unpaired) electrons. The largest absolute Gasteiger partial charge is 0.329 e. The monoisotopic (exact) mass is 203 g/mol. The third-order valence-electron chi connectivity index (χ3n) is 2.98. The lowest BCUT2D eigenvalue weighted by Gasteiger charge is -2.14. The number of hydrazine groups is 1. The van der Waals surface area contributed by atoms with Gasteiger partial charge in [-0.05, 0) is 25.3 Å². The summed E-state index contributed by atoms with van der Waals surface area (Å²) < 4.78 is 2.27. The van der Waals surface area contributed by atoms with Crippen molar-refractivity contribution < 1.29 is 0 Å². The molecule has 0 amide bonds. The fourth-order valence-electron chi connectivity index (χ4n) is 2.26. The molecule has 0 spiro atoms. The van der Waals surface area contributed by atoms with Crippen molar-refractivity contribution in [2.24, 2.45) is 5.84 Å². The summed E-state index contributed by atoms with van der Waals surface area (Å²) in [6, 6.07) is 2.14. The zero-order valence-electron chi connectivity index (χ0n) is 8.40. The summed E-state index contributed by atoms with van der Waals surface area (Å²) in [6.07, 6.45) is 5.17. The highest BCUT2D eigenvalue weighted by molar-refractivity contribution is 5.88. The molecule has 0 fully saturated rings. The minimum atomic E-state index is 0.710. The molecule has 5 heteroatoms. The van der Waals surface area contributed by atoms with Crippen LogP contribution in [0.1, 0.15) is 18.5 Å². The van der Waals surface area contributed by atoms with Gasteiger partial charge in [-0.15, -0.1) is 0 Å². The van der Waals surface area contributed by atoms with E-state index in [9.17, 15) is 0 Å². The molecule has 0 bridgehead atoms. The summed E-state index contributed by atoms with van der Waals surface area (Å²) in [5.41, 5.74) is 4.95. The van der Waals surface area contributed by atoms with E-state index in [1.807, 2.05) is 0 Å². The van der Waals surface area contributed by atoms with Gasteiger partial charge in [-0.2, -0.15) is 0 Å². The van der Waals surface area contributed by atoms with Gasteiger partial charge in [0.25, 0.3) is 0 Å². The Morgan fingerprint density at radius 1 is 1.33 bits per heavy atom. The number of nitrogens with one attached hydrogen (secondary N) is 1. The Hall–Kier alpha value is -1.62. The third kappa shape index (κ3) is 1.20. The van der Waals surface area contributed by atoms with E-state index in [0.717, 1.165) is 24.0 Å². The molecule has 78 valence electrons. The molecule has 1 aliphatic heterocycles. The molecule has 2 aromatic rings. The van der Waals surface area contributed by atoms with Crippen LogP contribution >= 0.6 is 0 Å². The van der Waals surface area contributed by atoms with Gasteiger partial charge in [-0.1, -0.05) is 0 Å². The molecule has 1 aliphatic rings. The van der Waals surface area contributed by atoms with Gasteiger partial charge in [0.15, 0.2) is 5.82 Å². The Bertz CT molecular complexity index is 502. The van der Waals surface area contributed by atoms with Gasteiger partial charge in [-0.3, -0.25) is 0 Å². The lowest BCUT2D eigenvalue weighted by Crippen LogP contribution is -2.11. The first kappa shape index (κ1) is 8.67. The van der Waals surface area contributed by atoms with E-state index in [0.29, 0.717) is 5.82 Å². The smallest absolute Gasteiger partial charge is 0.152 e. The Balaban J connectivity index is 2.31. The molecule has 0 saturated heterocycles. The summed E-state index contributed by atoms with van der Waals surface area (Å²) in [5.74, 6) is 6.13. The number of hydrogen-bond acceptors (Lipinski definition) is 4. The lowest BCUT2D eigenvalue weighted by atomic mass is 10.1. The van der Waals surface area contributed by atoms with E-state index in [-0.39, 0.29) is 0 Å². The van der Waals surface area contributed by atoms with Crippen molar-refractivity contribution in [1.29, 1.82) is 0 Å². The lowest BCUT2D eigenvalue weighted by molar-refractivity contribution is 0.542. The average molecular weight is 203 g/mol. The van der Waals surface area contributed by atoms with Crippen molar-refractivity contribution in [1.82, 2.24) is 14.5 Å². The highest BCUT2D eigenvalue weighted by Crippen LogP contribution is 2.26. The number of nitrogens with zero attached hydrogens (tertiary/aromatic N) is 3. The normalized spacial score (nSPS) is 15.3. The minimum absolute atomic E-state index is 0.710.